The summed E-state index contributed by atoms with van der Waals surface area (Å²) in [5.74, 6) is 1.95. The Bertz CT molecular complexity index is 489. The van der Waals surface area contributed by atoms with E-state index in [1.807, 2.05) is 40.2 Å². The first-order valence-electron chi connectivity index (χ1n) is 8.33. The van der Waals surface area contributed by atoms with Crippen LogP contribution in [0.4, 0.5) is 0 Å². The van der Waals surface area contributed by atoms with Crippen LogP contribution in [0.2, 0.25) is 0 Å². The summed E-state index contributed by atoms with van der Waals surface area (Å²) in [6.45, 7) is 9.84. The topological polar surface area (TPSA) is 50.2 Å². The highest BCUT2D eigenvalue weighted by Crippen LogP contribution is 2.21. The van der Waals surface area contributed by atoms with Crippen LogP contribution in [0, 0.1) is 11.3 Å². The van der Waals surface area contributed by atoms with Crippen LogP contribution in [0.3, 0.4) is 0 Å². The fourth-order valence-electron chi connectivity index (χ4n) is 2.93. The Morgan fingerprint density at radius 2 is 2.23 bits per heavy atom. The molecule has 1 aliphatic heterocycles. The molecule has 1 N–H and O–H groups in total. The molecule has 1 amide bonds. The number of rotatable bonds is 5. The molecule has 2 rings (SSSR count). The van der Waals surface area contributed by atoms with Gasteiger partial charge in [0, 0.05) is 37.9 Å². The summed E-state index contributed by atoms with van der Waals surface area (Å²) in [6.07, 6.45) is 7.43. The normalized spacial score (nSPS) is 20.1. The maximum atomic E-state index is 11.9. The van der Waals surface area contributed by atoms with Crippen molar-refractivity contribution in [3.05, 3.63) is 18.2 Å². The van der Waals surface area contributed by atoms with Crippen molar-refractivity contribution in [1.29, 1.82) is 0 Å². The number of aryl methyl sites for hydroxylation is 1. The van der Waals surface area contributed by atoms with E-state index in [1.54, 1.807) is 0 Å². The molecular weight excluding hydrogens is 276 g/mol. The van der Waals surface area contributed by atoms with Gasteiger partial charge in [0.1, 0.15) is 5.82 Å². The molecule has 1 fully saturated rings. The Morgan fingerprint density at radius 3 is 2.86 bits per heavy atom. The van der Waals surface area contributed by atoms with Gasteiger partial charge < -0.3 is 9.88 Å². The molecule has 22 heavy (non-hydrogen) atoms. The van der Waals surface area contributed by atoms with E-state index < -0.39 is 0 Å². The van der Waals surface area contributed by atoms with Crippen molar-refractivity contribution in [3.8, 4) is 0 Å². The summed E-state index contributed by atoms with van der Waals surface area (Å²) in [4.78, 5) is 18.8. The van der Waals surface area contributed by atoms with E-state index in [9.17, 15) is 4.79 Å². The molecule has 0 unspecified atom stereocenters. The van der Waals surface area contributed by atoms with Crippen LogP contribution in [0.1, 0.15) is 45.9 Å². The number of imidazole rings is 1. The van der Waals surface area contributed by atoms with Gasteiger partial charge in [0.05, 0.1) is 6.54 Å². The summed E-state index contributed by atoms with van der Waals surface area (Å²) >= 11 is 0. The molecule has 1 atom stereocenters. The third-order valence-electron chi connectivity index (χ3n) is 4.41. The molecule has 1 saturated heterocycles. The van der Waals surface area contributed by atoms with Crippen LogP contribution in [0.15, 0.2) is 12.4 Å². The van der Waals surface area contributed by atoms with Crippen molar-refractivity contribution in [3.63, 3.8) is 0 Å². The Hall–Kier alpha value is -1.36. The van der Waals surface area contributed by atoms with Gasteiger partial charge in [-0.1, -0.05) is 20.8 Å². The minimum absolute atomic E-state index is 0.146. The summed E-state index contributed by atoms with van der Waals surface area (Å²) in [7, 11) is 2.05. The first-order valence-corrected chi connectivity index (χ1v) is 8.33. The second kappa shape index (κ2) is 7.27. The number of carbonyl (C=O) groups excluding carboxylic acids is 1. The van der Waals surface area contributed by atoms with Crippen molar-refractivity contribution in [2.24, 2.45) is 18.4 Å². The molecule has 2 heterocycles. The average Bonchev–Trinajstić information content (AvgIpc) is 2.83. The van der Waals surface area contributed by atoms with Gasteiger partial charge in [-0.05, 0) is 31.7 Å². The lowest BCUT2D eigenvalue weighted by molar-refractivity contribution is -0.128. The van der Waals surface area contributed by atoms with Crippen LogP contribution >= 0.6 is 0 Å². The van der Waals surface area contributed by atoms with Crippen molar-refractivity contribution in [2.75, 3.05) is 19.6 Å². The van der Waals surface area contributed by atoms with Crippen LogP contribution in [0.25, 0.3) is 0 Å². The first-order chi connectivity index (χ1) is 10.4. The minimum atomic E-state index is -0.295. The van der Waals surface area contributed by atoms with Gasteiger partial charge in [-0.3, -0.25) is 9.69 Å². The van der Waals surface area contributed by atoms with Crippen molar-refractivity contribution in [1.82, 2.24) is 19.8 Å². The Balaban J connectivity index is 1.74. The van der Waals surface area contributed by atoms with Crippen LogP contribution in [-0.2, 0) is 18.4 Å². The summed E-state index contributed by atoms with van der Waals surface area (Å²) in [5, 5.41) is 3.07. The van der Waals surface area contributed by atoms with Crippen molar-refractivity contribution in [2.45, 2.75) is 46.6 Å². The van der Waals surface area contributed by atoms with E-state index in [4.69, 9.17) is 0 Å². The van der Waals surface area contributed by atoms with E-state index in [-0.39, 0.29) is 11.3 Å². The molecule has 124 valence electrons. The van der Waals surface area contributed by atoms with Crippen LogP contribution in [-0.4, -0.2) is 40.0 Å². The van der Waals surface area contributed by atoms with Gasteiger partial charge >= 0.3 is 0 Å². The third kappa shape index (κ3) is 4.83. The standard InChI is InChI=1S/C17H30N4O/c1-17(2,3)16(22)19-8-7-14-6-5-10-21(12-14)13-15-18-9-11-20(15)4/h9,11,14H,5-8,10,12-13H2,1-4H3,(H,19,22)/t14-/m1/s1. The largest absolute Gasteiger partial charge is 0.356 e. The van der Waals surface area contributed by atoms with Gasteiger partial charge in [-0.2, -0.15) is 0 Å². The van der Waals surface area contributed by atoms with Gasteiger partial charge in [-0.25, -0.2) is 4.98 Å². The van der Waals surface area contributed by atoms with Gasteiger partial charge in [0.2, 0.25) is 5.91 Å². The molecular formula is C17H30N4O. The zero-order chi connectivity index (χ0) is 16.2. The highest BCUT2D eigenvalue weighted by atomic mass is 16.2. The number of hydrogen-bond donors (Lipinski definition) is 1. The maximum Gasteiger partial charge on any atom is 0.225 e. The number of hydrogen-bond acceptors (Lipinski definition) is 3. The lowest BCUT2D eigenvalue weighted by atomic mass is 9.93. The number of likely N-dealkylation sites (tertiary alicyclic amines) is 1. The highest BCUT2D eigenvalue weighted by molar-refractivity contribution is 5.81. The maximum absolute atomic E-state index is 11.9. The zero-order valence-corrected chi connectivity index (χ0v) is 14.4. The summed E-state index contributed by atoms with van der Waals surface area (Å²) in [5.41, 5.74) is -0.295. The number of carbonyl (C=O) groups is 1. The van der Waals surface area contributed by atoms with Crippen LogP contribution < -0.4 is 5.32 Å². The Labute approximate surface area is 134 Å². The molecule has 0 bridgehead atoms. The van der Waals surface area contributed by atoms with E-state index >= 15 is 0 Å². The first kappa shape index (κ1) is 17.0. The number of nitrogens with zero attached hydrogens (tertiary/aromatic N) is 3. The summed E-state index contributed by atoms with van der Waals surface area (Å²) in [6, 6.07) is 0. The monoisotopic (exact) mass is 306 g/mol. The number of amides is 1. The zero-order valence-electron chi connectivity index (χ0n) is 14.4. The minimum Gasteiger partial charge on any atom is -0.356 e. The predicted molar refractivity (Wildman–Crippen MR) is 88.3 cm³/mol. The predicted octanol–water partition coefficient (Wildman–Crippen LogP) is 2.18. The smallest absolute Gasteiger partial charge is 0.225 e. The molecule has 5 heteroatoms. The molecule has 1 aromatic heterocycles. The van der Waals surface area contributed by atoms with Gasteiger partial charge in [-0.15, -0.1) is 0 Å². The second-order valence-electron chi connectivity index (χ2n) is 7.49. The van der Waals surface area contributed by atoms with Crippen molar-refractivity contribution >= 4 is 5.91 Å². The SMILES string of the molecule is Cn1ccnc1CN1CCC[C@H](CCNC(=O)C(C)(C)C)C1. The van der Waals surface area contributed by atoms with Gasteiger partial charge in [0.15, 0.2) is 0 Å². The van der Waals surface area contributed by atoms with E-state index in [2.05, 4.69) is 19.8 Å². The molecule has 0 aliphatic carbocycles. The number of nitrogens with one attached hydrogen (secondary N) is 1. The number of piperidine rings is 1. The molecule has 0 spiro atoms. The lowest BCUT2D eigenvalue weighted by Crippen LogP contribution is -2.39. The third-order valence-corrected chi connectivity index (χ3v) is 4.41. The fourth-order valence-corrected chi connectivity index (χ4v) is 2.93. The molecule has 0 aromatic carbocycles. The van der Waals surface area contributed by atoms with Gasteiger partial charge in [0.25, 0.3) is 0 Å². The highest BCUT2D eigenvalue weighted by Gasteiger charge is 2.23. The molecule has 5 nitrogen and oxygen atoms in total. The average molecular weight is 306 g/mol. The van der Waals surface area contributed by atoms with E-state index in [1.165, 1.54) is 12.8 Å². The van der Waals surface area contributed by atoms with Crippen molar-refractivity contribution < 1.29 is 4.79 Å². The number of aromatic nitrogens is 2. The Morgan fingerprint density at radius 1 is 1.45 bits per heavy atom. The molecule has 0 radical (unpaired) electrons. The van der Waals surface area contributed by atoms with E-state index in [0.717, 1.165) is 38.4 Å². The molecule has 0 saturated carbocycles. The Kier molecular flexibility index (Phi) is 5.62. The molecule has 1 aromatic rings. The quantitative estimate of drug-likeness (QED) is 0.907. The molecule has 1 aliphatic rings. The lowest BCUT2D eigenvalue weighted by Gasteiger charge is -2.32. The second-order valence-corrected chi connectivity index (χ2v) is 7.49. The summed E-state index contributed by atoms with van der Waals surface area (Å²) < 4.78 is 2.09. The van der Waals surface area contributed by atoms with Crippen LogP contribution in [0.5, 0.6) is 0 Å². The van der Waals surface area contributed by atoms with E-state index in [0.29, 0.717) is 5.92 Å². The fraction of sp³-hybridized carbons (Fsp3) is 0.765.